The van der Waals surface area contributed by atoms with Crippen LogP contribution in [0.2, 0.25) is 5.02 Å². The molecule has 10 nitrogen and oxygen atoms in total. The van der Waals surface area contributed by atoms with Crippen molar-refractivity contribution in [2.45, 2.75) is 31.6 Å². The second kappa shape index (κ2) is 12.3. The zero-order valence-electron chi connectivity index (χ0n) is 19.7. The number of allylic oxidation sites excluding steroid dienone is 1. The third kappa shape index (κ3) is 6.70. The second-order valence-electron chi connectivity index (χ2n) is 8.06. The van der Waals surface area contributed by atoms with Gasteiger partial charge in [-0.25, -0.2) is 0 Å². The highest BCUT2D eigenvalue weighted by Gasteiger charge is 2.26. The van der Waals surface area contributed by atoms with E-state index in [0.717, 1.165) is 11.8 Å². The summed E-state index contributed by atoms with van der Waals surface area (Å²) in [5.74, 6) is -0.155. The lowest BCUT2D eigenvalue weighted by Crippen LogP contribution is -2.33. The van der Waals surface area contributed by atoms with Gasteiger partial charge in [0.15, 0.2) is 11.0 Å². The Morgan fingerprint density at radius 1 is 1.22 bits per heavy atom. The first-order valence-electron chi connectivity index (χ1n) is 11.0. The number of nitro groups is 1. The molecule has 1 atom stereocenters. The highest BCUT2D eigenvalue weighted by atomic mass is 35.5. The van der Waals surface area contributed by atoms with E-state index in [-0.39, 0.29) is 34.0 Å². The molecule has 2 amide bonds. The van der Waals surface area contributed by atoms with Crippen LogP contribution in [0.3, 0.4) is 0 Å². The van der Waals surface area contributed by atoms with Crippen LogP contribution in [0.5, 0.6) is 0 Å². The minimum absolute atomic E-state index is 0.00240. The topological polar surface area (TPSA) is 132 Å². The molecule has 0 spiro atoms. The maximum Gasteiger partial charge on any atom is 0.271 e. The molecule has 188 valence electrons. The van der Waals surface area contributed by atoms with Gasteiger partial charge < -0.3 is 15.2 Å². The molecule has 1 heterocycles. The van der Waals surface area contributed by atoms with Gasteiger partial charge in [0, 0.05) is 24.2 Å². The van der Waals surface area contributed by atoms with Crippen molar-refractivity contribution in [1.82, 2.24) is 20.1 Å². The van der Waals surface area contributed by atoms with E-state index in [9.17, 15) is 19.7 Å². The Morgan fingerprint density at radius 3 is 2.58 bits per heavy atom. The van der Waals surface area contributed by atoms with Crippen molar-refractivity contribution < 1.29 is 14.5 Å². The van der Waals surface area contributed by atoms with Crippen molar-refractivity contribution in [3.05, 3.63) is 87.7 Å². The molecule has 0 aliphatic rings. The number of nitro benzene ring substituents is 1. The first-order valence-corrected chi connectivity index (χ1v) is 12.3. The van der Waals surface area contributed by atoms with E-state index in [4.69, 9.17) is 11.6 Å². The van der Waals surface area contributed by atoms with E-state index < -0.39 is 16.9 Å². The molecule has 0 bridgehead atoms. The Balaban J connectivity index is 1.75. The van der Waals surface area contributed by atoms with Crippen LogP contribution in [0.15, 0.2) is 66.3 Å². The molecule has 0 unspecified atom stereocenters. The van der Waals surface area contributed by atoms with E-state index in [1.807, 2.05) is 19.9 Å². The van der Waals surface area contributed by atoms with Gasteiger partial charge in [-0.1, -0.05) is 61.5 Å². The monoisotopic (exact) mass is 528 g/mol. The minimum atomic E-state index is -0.568. The summed E-state index contributed by atoms with van der Waals surface area (Å²) in [5, 5.41) is 25.8. The van der Waals surface area contributed by atoms with Gasteiger partial charge in [0.2, 0.25) is 5.91 Å². The van der Waals surface area contributed by atoms with Crippen LogP contribution in [0.4, 0.5) is 11.4 Å². The van der Waals surface area contributed by atoms with Crippen LogP contribution in [0.25, 0.3) is 0 Å². The molecule has 1 aromatic heterocycles. The lowest BCUT2D eigenvalue weighted by atomic mass is 10.0. The SMILES string of the molecule is C=CCn1c(SCC(=O)Nc2cc([N+](=O)[O-])ccc2Cl)nnc1[C@H](NC(=O)c1ccccc1)C(C)C. The van der Waals surface area contributed by atoms with E-state index in [1.165, 1.54) is 18.2 Å². The van der Waals surface area contributed by atoms with E-state index >= 15 is 0 Å². The average Bonchev–Trinajstić information content (AvgIpc) is 3.25. The van der Waals surface area contributed by atoms with Gasteiger partial charge in [0.1, 0.15) is 0 Å². The van der Waals surface area contributed by atoms with Crippen LogP contribution in [-0.4, -0.2) is 37.3 Å². The zero-order valence-corrected chi connectivity index (χ0v) is 21.3. The van der Waals surface area contributed by atoms with Gasteiger partial charge in [-0.05, 0) is 24.1 Å². The van der Waals surface area contributed by atoms with E-state index in [0.29, 0.717) is 23.1 Å². The number of anilines is 1. The molecule has 0 aliphatic carbocycles. The molecule has 0 aliphatic heterocycles. The molecule has 0 fully saturated rings. The summed E-state index contributed by atoms with van der Waals surface area (Å²) >= 11 is 7.20. The fourth-order valence-corrected chi connectivity index (χ4v) is 4.24. The summed E-state index contributed by atoms with van der Waals surface area (Å²) in [6, 6.07) is 12.3. The summed E-state index contributed by atoms with van der Waals surface area (Å²) in [5.41, 5.74) is 0.493. The van der Waals surface area contributed by atoms with Crippen molar-refractivity contribution >= 4 is 46.6 Å². The number of hydrogen-bond acceptors (Lipinski definition) is 7. The normalized spacial score (nSPS) is 11.7. The number of amides is 2. The Bertz CT molecular complexity index is 1260. The summed E-state index contributed by atoms with van der Waals surface area (Å²) in [7, 11) is 0. The maximum absolute atomic E-state index is 12.8. The number of benzene rings is 2. The van der Waals surface area contributed by atoms with E-state index in [2.05, 4.69) is 27.4 Å². The molecule has 12 heteroatoms. The number of non-ortho nitro benzene ring substituents is 1. The van der Waals surface area contributed by atoms with Gasteiger partial charge >= 0.3 is 0 Å². The molecule has 0 radical (unpaired) electrons. The molecular formula is C24H25ClN6O4S. The third-order valence-electron chi connectivity index (χ3n) is 5.09. The number of hydrogen-bond donors (Lipinski definition) is 2. The quantitative estimate of drug-likeness (QED) is 0.157. The number of rotatable bonds is 11. The van der Waals surface area contributed by atoms with Crippen LogP contribution in [0.1, 0.15) is 36.1 Å². The highest BCUT2D eigenvalue weighted by Crippen LogP contribution is 2.28. The number of thioether (sulfide) groups is 1. The standard InChI is InChI=1S/C24H25ClN6O4S/c1-4-12-30-22(21(15(2)3)27-23(33)16-8-6-5-7-9-16)28-29-24(30)36-14-20(32)26-19-13-17(31(34)35)10-11-18(19)25/h4-11,13,15,21H,1,12,14H2,2-3H3,(H,26,32)(H,27,33)/t21-/m1/s1. The van der Waals surface area contributed by atoms with Crippen molar-refractivity contribution in [1.29, 1.82) is 0 Å². The highest BCUT2D eigenvalue weighted by molar-refractivity contribution is 7.99. The number of carbonyl (C=O) groups is 2. The third-order valence-corrected chi connectivity index (χ3v) is 6.39. The number of carbonyl (C=O) groups excluding carboxylic acids is 2. The van der Waals surface area contributed by atoms with Gasteiger partial charge in [0.25, 0.3) is 11.6 Å². The Morgan fingerprint density at radius 2 is 1.94 bits per heavy atom. The average molecular weight is 529 g/mol. The van der Waals surface area contributed by atoms with Gasteiger partial charge in [-0.3, -0.25) is 19.7 Å². The lowest BCUT2D eigenvalue weighted by molar-refractivity contribution is -0.384. The fourth-order valence-electron chi connectivity index (χ4n) is 3.32. The summed E-state index contributed by atoms with van der Waals surface area (Å²) in [6.07, 6.45) is 1.68. The van der Waals surface area contributed by atoms with Gasteiger partial charge in [-0.2, -0.15) is 0 Å². The molecule has 36 heavy (non-hydrogen) atoms. The lowest BCUT2D eigenvalue weighted by Gasteiger charge is -2.22. The molecule has 0 saturated heterocycles. The number of aromatic nitrogens is 3. The van der Waals surface area contributed by atoms with Crippen molar-refractivity contribution in [2.24, 2.45) is 5.92 Å². The van der Waals surface area contributed by atoms with Crippen LogP contribution < -0.4 is 10.6 Å². The summed E-state index contributed by atoms with van der Waals surface area (Å²) in [6.45, 7) is 8.09. The number of halogens is 1. The molecule has 3 rings (SSSR count). The smallest absolute Gasteiger partial charge is 0.271 e. The molecular weight excluding hydrogens is 504 g/mol. The Labute approximate surface area is 217 Å². The minimum Gasteiger partial charge on any atom is -0.342 e. The predicted molar refractivity (Wildman–Crippen MR) is 139 cm³/mol. The fraction of sp³-hybridized carbons (Fsp3) is 0.250. The van der Waals surface area contributed by atoms with Crippen molar-refractivity contribution in [3.63, 3.8) is 0 Å². The predicted octanol–water partition coefficient (Wildman–Crippen LogP) is 4.88. The first kappa shape index (κ1) is 26.9. The number of nitrogens with one attached hydrogen (secondary N) is 2. The number of nitrogens with zero attached hydrogens (tertiary/aromatic N) is 4. The molecule has 2 aromatic carbocycles. The van der Waals surface area contributed by atoms with Crippen molar-refractivity contribution in [3.8, 4) is 0 Å². The van der Waals surface area contributed by atoms with Gasteiger partial charge in [0.05, 0.1) is 27.4 Å². The first-order chi connectivity index (χ1) is 17.2. The largest absolute Gasteiger partial charge is 0.342 e. The maximum atomic E-state index is 12.8. The van der Waals surface area contributed by atoms with Crippen LogP contribution in [-0.2, 0) is 11.3 Å². The van der Waals surface area contributed by atoms with Crippen LogP contribution in [0, 0.1) is 16.0 Å². The summed E-state index contributed by atoms with van der Waals surface area (Å²) in [4.78, 5) is 35.8. The Kier molecular flexibility index (Phi) is 9.20. The zero-order chi connectivity index (χ0) is 26.2. The second-order valence-corrected chi connectivity index (χ2v) is 9.41. The van der Waals surface area contributed by atoms with Gasteiger partial charge in [-0.15, -0.1) is 16.8 Å². The van der Waals surface area contributed by atoms with Crippen molar-refractivity contribution in [2.75, 3.05) is 11.1 Å². The van der Waals surface area contributed by atoms with Crippen LogP contribution >= 0.6 is 23.4 Å². The molecule has 2 N–H and O–H groups in total. The summed E-state index contributed by atoms with van der Waals surface area (Å²) < 4.78 is 1.79. The Hall–Kier alpha value is -3.70. The molecule has 3 aromatic rings. The molecule has 0 saturated carbocycles. The van der Waals surface area contributed by atoms with E-state index in [1.54, 1.807) is 34.9 Å².